The van der Waals surface area contributed by atoms with Crippen molar-refractivity contribution < 1.29 is 19.4 Å². The molecule has 0 bridgehead atoms. The third-order valence-electron chi connectivity index (χ3n) is 9.54. The van der Waals surface area contributed by atoms with Crippen LogP contribution in [-0.4, -0.2) is 77.6 Å². The van der Waals surface area contributed by atoms with Gasteiger partial charge in [-0.1, -0.05) is 25.3 Å². The zero-order valence-electron chi connectivity index (χ0n) is 25.0. The van der Waals surface area contributed by atoms with Gasteiger partial charge in [-0.2, -0.15) is 0 Å². The van der Waals surface area contributed by atoms with E-state index in [0.29, 0.717) is 34.1 Å². The van der Waals surface area contributed by atoms with Crippen LogP contribution in [0.15, 0.2) is 47.8 Å². The van der Waals surface area contributed by atoms with Gasteiger partial charge in [-0.25, -0.2) is 4.98 Å². The first-order chi connectivity index (χ1) is 21.0. The predicted octanol–water partition coefficient (Wildman–Crippen LogP) is 6.04. The number of carbonyl (C=O) groups is 2. The van der Waals surface area contributed by atoms with Gasteiger partial charge in [0.2, 0.25) is 0 Å². The van der Waals surface area contributed by atoms with E-state index in [1.54, 1.807) is 31.4 Å². The van der Waals surface area contributed by atoms with Crippen molar-refractivity contribution in [2.75, 3.05) is 45.2 Å². The number of methoxy groups -OCH3 is 1. The minimum absolute atomic E-state index is 0.00837. The zero-order chi connectivity index (χ0) is 29.8. The molecule has 2 aromatic carbocycles. The molecule has 0 spiro atoms. The van der Waals surface area contributed by atoms with E-state index in [4.69, 9.17) is 9.72 Å². The van der Waals surface area contributed by atoms with Crippen LogP contribution in [0, 0.1) is 5.92 Å². The second kappa shape index (κ2) is 13.6. The summed E-state index contributed by atoms with van der Waals surface area (Å²) in [5.41, 5.74) is 4.15. The summed E-state index contributed by atoms with van der Waals surface area (Å²) in [6.07, 6.45) is 9.28. The number of nitrogens with one attached hydrogen (secondary N) is 1. The molecule has 43 heavy (non-hydrogen) atoms. The lowest BCUT2D eigenvalue weighted by Gasteiger charge is -2.36. The second-order valence-corrected chi connectivity index (χ2v) is 13.1. The molecule has 2 amide bonds. The van der Waals surface area contributed by atoms with Crippen LogP contribution in [0.1, 0.15) is 83.6 Å². The standard InChI is InChI=1S/C34H42N4O4S/c1-42-31-12-11-27(24-5-3-2-4-6-24)19-29(31)30-22-43-34(35-30)36-32(40)25-7-9-26(10-8-25)33(41)37-17-14-28(15-18-37)38-16-13-23(20-38)21-39/h7-12,19,22-24,28,39H,2-6,13-18,20-21H2,1H3,(H,35,36,40). The molecule has 6 rings (SSSR count). The zero-order valence-corrected chi connectivity index (χ0v) is 25.8. The van der Waals surface area contributed by atoms with E-state index in [2.05, 4.69) is 22.3 Å². The lowest BCUT2D eigenvalue weighted by molar-refractivity contribution is 0.0637. The van der Waals surface area contributed by atoms with Crippen molar-refractivity contribution in [3.63, 3.8) is 0 Å². The maximum atomic E-state index is 13.2. The largest absolute Gasteiger partial charge is 0.496 e. The van der Waals surface area contributed by atoms with Gasteiger partial charge >= 0.3 is 0 Å². The molecule has 2 aliphatic heterocycles. The highest BCUT2D eigenvalue weighted by atomic mass is 32.1. The van der Waals surface area contributed by atoms with Crippen LogP contribution in [-0.2, 0) is 0 Å². The lowest BCUT2D eigenvalue weighted by atomic mass is 9.83. The van der Waals surface area contributed by atoms with Crippen molar-refractivity contribution in [1.82, 2.24) is 14.8 Å². The van der Waals surface area contributed by atoms with E-state index < -0.39 is 0 Å². The minimum atomic E-state index is -0.254. The van der Waals surface area contributed by atoms with E-state index in [9.17, 15) is 14.7 Å². The Hall–Kier alpha value is -3.27. The summed E-state index contributed by atoms with van der Waals surface area (Å²) < 4.78 is 5.65. The number of aliphatic hydroxyl groups excluding tert-OH is 1. The number of carbonyl (C=O) groups excluding carboxylic acids is 2. The molecule has 3 aromatic rings. The monoisotopic (exact) mass is 602 g/mol. The van der Waals surface area contributed by atoms with Gasteiger partial charge in [-0.3, -0.25) is 19.8 Å². The van der Waals surface area contributed by atoms with Crippen LogP contribution in [0.2, 0.25) is 0 Å². The Morgan fingerprint density at radius 3 is 2.42 bits per heavy atom. The molecular formula is C34H42N4O4S. The van der Waals surface area contributed by atoms with E-state index in [1.165, 1.54) is 49.0 Å². The summed E-state index contributed by atoms with van der Waals surface area (Å²) in [7, 11) is 1.67. The Morgan fingerprint density at radius 1 is 0.977 bits per heavy atom. The number of anilines is 1. The summed E-state index contributed by atoms with van der Waals surface area (Å²) in [4.78, 5) is 35.3. The highest BCUT2D eigenvalue weighted by molar-refractivity contribution is 7.14. The Labute approximate surface area is 258 Å². The van der Waals surface area contributed by atoms with Crippen molar-refractivity contribution in [2.24, 2.45) is 5.92 Å². The molecule has 3 aliphatic rings. The second-order valence-electron chi connectivity index (χ2n) is 12.2. The molecule has 2 saturated heterocycles. The molecule has 1 saturated carbocycles. The molecule has 3 fully saturated rings. The molecule has 1 atom stereocenters. The van der Waals surface area contributed by atoms with Gasteiger partial charge in [0.25, 0.3) is 11.8 Å². The fraction of sp³-hybridized carbons (Fsp3) is 0.500. The van der Waals surface area contributed by atoms with Gasteiger partial charge in [0.05, 0.1) is 12.8 Å². The maximum absolute atomic E-state index is 13.2. The number of aliphatic hydroxyl groups is 1. The molecule has 2 N–H and O–H groups in total. The van der Waals surface area contributed by atoms with Gasteiger partial charge in [0, 0.05) is 54.4 Å². The van der Waals surface area contributed by atoms with Crippen molar-refractivity contribution in [3.05, 3.63) is 64.5 Å². The first-order valence-corrected chi connectivity index (χ1v) is 16.6. The molecule has 9 heteroatoms. The number of thiazole rings is 1. The van der Waals surface area contributed by atoms with Crippen molar-refractivity contribution in [2.45, 2.75) is 63.3 Å². The summed E-state index contributed by atoms with van der Waals surface area (Å²) in [6, 6.07) is 13.8. The maximum Gasteiger partial charge on any atom is 0.257 e. The smallest absolute Gasteiger partial charge is 0.257 e. The lowest BCUT2D eigenvalue weighted by Crippen LogP contribution is -2.46. The highest BCUT2D eigenvalue weighted by Gasteiger charge is 2.31. The van der Waals surface area contributed by atoms with Crippen molar-refractivity contribution in [3.8, 4) is 17.0 Å². The minimum Gasteiger partial charge on any atom is -0.496 e. The normalized spacial score (nSPS) is 20.3. The molecule has 3 heterocycles. The number of hydrogen-bond donors (Lipinski definition) is 2. The molecule has 228 valence electrons. The number of nitrogens with zero attached hydrogens (tertiary/aromatic N) is 3. The van der Waals surface area contributed by atoms with Crippen LogP contribution < -0.4 is 10.1 Å². The summed E-state index contributed by atoms with van der Waals surface area (Å²) >= 11 is 1.39. The number of likely N-dealkylation sites (tertiary alicyclic amines) is 2. The number of benzene rings is 2. The molecule has 1 aliphatic carbocycles. The third kappa shape index (κ3) is 6.79. The van der Waals surface area contributed by atoms with Crippen LogP contribution in [0.5, 0.6) is 5.75 Å². The molecular weight excluding hydrogens is 560 g/mol. The number of piperidine rings is 1. The summed E-state index contributed by atoms with van der Waals surface area (Å²) in [6.45, 7) is 3.72. The quantitative estimate of drug-likeness (QED) is 0.327. The third-order valence-corrected chi connectivity index (χ3v) is 10.3. The Morgan fingerprint density at radius 2 is 1.72 bits per heavy atom. The van der Waals surface area contributed by atoms with Crippen molar-refractivity contribution >= 4 is 28.3 Å². The van der Waals surface area contributed by atoms with Crippen LogP contribution >= 0.6 is 11.3 Å². The molecule has 8 nitrogen and oxygen atoms in total. The first-order valence-electron chi connectivity index (χ1n) is 15.7. The molecule has 0 radical (unpaired) electrons. The average molecular weight is 603 g/mol. The van der Waals surface area contributed by atoms with Crippen LogP contribution in [0.3, 0.4) is 0 Å². The number of amides is 2. The van der Waals surface area contributed by atoms with Crippen LogP contribution in [0.4, 0.5) is 5.13 Å². The topological polar surface area (TPSA) is 95.0 Å². The van der Waals surface area contributed by atoms with Gasteiger partial charge in [-0.05, 0) is 92.4 Å². The SMILES string of the molecule is COc1ccc(C2CCCCC2)cc1-c1csc(NC(=O)c2ccc(C(=O)N3CCC(N4CCC(CO)C4)CC3)cc2)n1. The van der Waals surface area contributed by atoms with Crippen molar-refractivity contribution in [1.29, 1.82) is 0 Å². The summed E-state index contributed by atoms with van der Waals surface area (Å²) in [5.74, 6) is 1.50. The summed E-state index contributed by atoms with van der Waals surface area (Å²) in [5, 5.41) is 14.9. The van der Waals surface area contributed by atoms with E-state index in [1.807, 2.05) is 16.3 Å². The first kappa shape index (κ1) is 29.8. The van der Waals surface area contributed by atoms with Gasteiger partial charge in [0.1, 0.15) is 5.75 Å². The molecule has 1 aromatic heterocycles. The number of ether oxygens (including phenoxy) is 1. The Bertz CT molecular complexity index is 1410. The molecule has 1 unspecified atom stereocenters. The fourth-order valence-corrected chi connectivity index (χ4v) is 7.67. The van der Waals surface area contributed by atoms with E-state index >= 15 is 0 Å². The Balaban J connectivity index is 1.05. The number of hydrogen-bond acceptors (Lipinski definition) is 7. The highest BCUT2D eigenvalue weighted by Crippen LogP contribution is 2.39. The van der Waals surface area contributed by atoms with Gasteiger partial charge < -0.3 is 14.7 Å². The van der Waals surface area contributed by atoms with Gasteiger partial charge in [0.15, 0.2) is 5.13 Å². The number of rotatable bonds is 8. The number of aromatic nitrogens is 1. The van der Waals surface area contributed by atoms with Crippen LogP contribution in [0.25, 0.3) is 11.3 Å². The van der Waals surface area contributed by atoms with E-state index in [0.717, 1.165) is 62.4 Å². The Kier molecular flexibility index (Phi) is 9.40. The predicted molar refractivity (Wildman–Crippen MR) is 170 cm³/mol. The fourth-order valence-electron chi connectivity index (χ4n) is 6.96. The van der Waals surface area contributed by atoms with E-state index in [-0.39, 0.29) is 18.4 Å². The van der Waals surface area contributed by atoms with Gasteiger partial charge in [-0.15, -0.1) is 11.3 Å². The average Bonchev–Trinajstić information content (AvgIpc) is 3.75.